The van der Waals surface area contributed by atoms with Gasteiger partial charge in [-0.05, 0) is 44.6 Å². The molecule has 1 saturated carbocycles. The number of hydrogen-bond acceptors (Lipinski definition) is 4. The molecule has 1 N–H and O–H groups in total. The molecule has 5 heteroatoms. The summed E-state index contributed by atoms with van der Waals surface area (Å²) < 4.78 is 2.09. The van der Waals surface area contributed by atoms with Gasteiger partial charge in [-0.25, -0.2) is 9.67 Å². The van der Waals surface area contributed by atoms with Crippen molar-refractivity contribution in [1.82, 2.24) is 25.0 Å². The Morgan fingerprint density at radius 2 is 2.14 bits per heavy atom. The third-order valence-electron chi connectivity index (χ3n) is 4.79. The zero-order valence-electron chi connectivity index (χ0n) is 13.6. The van der Waals surface area contributed by atoms with E-state index in [1.165, 1.54) is 19.3 Å². The molecule has 0 aromatic carbocycles. The van der Waals surface area contributed by atoms with Gasteiger partial charge in [-0.1, -0.05) is 13.8 Å². The average molecular weight is 291 g/mol. The molecule has 1 saturated heterocycles. The maximum atomic E-state index is 4.50. The van der Waals surface area contributed by atoms with Crippen LogP contribution in [0.4, 0.5) is 0 Å². The van der Waals surface area contributed by atoms with Crippen molar-refractivity contribution >= 4 is 0 Å². The summed E-state index contributed by atoms with van der Waals surface area (Å²) in [5, 5.41) is 8.15. The fourth-order valence-corrected chi connectivity index (χ4v) is 3.28. The summed E-state index contributed by atoms with van der Waals surface area (Å²) in [6.45, 7) is 11.0. The lowest BCUT2D eigenvalue weighted by Crippen LogP contribution is -2.41. The Kier molecular flexibility index (Phi) is 4.60. The minimum absolute atomic E-state index is 0.605. The van der Waals surface area contributed by atoms with Crippen LogP contribution in [0, 0.1) is 11.8 Å². The highest BCUT2D eigenvalue weighted by Gasteiger charge is 2.34. The normalized spacial score (nSPS) is 28.0. The summed E-state index contributed by atoms with van der Waals surface area (Å²) in [7, 11) is 0. The second-order valence-electron chi connectivity index (χ2n) is 7.22. The fraction of sp³-hybridized carbons (Fsp3) is 0.875. The topological polar surface area (TPSA) is 46.0 Å². The number of nitrogens with one attached hydrogen (secondary N) is 1. The van der Waals surface area contributed by atoms with Crippen molar-refractivity contribution in [3.63, 3.8) is 0 Å². The monoisotopic (exact) mass is 291 g/mol. The van der Waals surface area contributed by atoms with Crippen LogP contribution in [0.2, 0.25) is 0 Å². The van der Waals surface area contributed by atoms with Crippen LogP contribution in [0.25, 0.3) is 0 Å². The third-order valence-corrected chi connectivity index (χ3v) is 4.79. The average Bonchev–Trinajstić information content (AvgIpc) is 3.20. The SMILES string of the molecule is CC(C)Cn1ncnc1CN1CC(C2CC2)NCCC1C. The Morgan fingerprint density at radius 3 is 2.86 bits per heavy atom. The van der Waals surface area contributed by atoms with Crippen molar-refractivity contribution in [2.24, 2.45) is 11.8 Å². The van der Waals surface area contributed by atoms with Gasteiger partial charge in [-0.2, -0.15) is 5.10 Å². The van der Waals surface area contributed by atoms with Crippen molar-refractivity contribution in [2.45, 2.75) is 65.2 Å². The minimum Gasteiger partial charge on any atom is -0.312 e. The van der Waals surface area contributed by atoms with Gasteiger partial charge in [0.25, 0.3) is 0 Å². The molecule has 1 aromatic heterocycles. The van der Waals surface area contributed by atoms with Crippen molar-refractivity contribution < 1.29 is 0 Å². The summed E-state index contributed by atoms with van der Waals surface area (Å²) in [6, 6.07) is 1.29. The first-order valence-corrected chi connectivity index (χ1v) is 8.47. The standard InChI is InChI=1S/C16H29N5/c1-12(2)8-21-16(18-11-19-21)10-20-9-15(14-4-5-14)17-7-6-13(20)3/h11-15,17H,4-10H2,1-3H3. The fourth-order valence-electron chi connectivity index (χ4n) is 3.28. The van der Waals surface area contributed by atoms with Crippen LogP contribution in [0.5, 0.6) is 0 Å². The van der Waals surface area contributed by atoms with E-state index in [0.29, 0.717) is 18.0 Å². The summed E-state index contributed by atoms with van der Waals surface area (Å²) >= 11 is 0. The van der Waals surface area contributed by atoms with Crippen LogP contribution in [0.1, 0.15) is 45.9 Å². The maximum Gasteiger partial charge on any atom is 0.141 e. The lowest BCUT2D eigenvalue weighted by atomic mass is 10.1. The number of nitrogens with zero attached hydrogens (tertiary/aromatic N) is 4. The van der Waals surface area contributed by atoms with Gasteiger partial charge >= 0.3 is 0 Å². The summed E-state index contributed by atoms with van der Waals surface area (Å²) in [6.07, 6.45) is 5.74. The van der Waals surface area contributed by atoms with E-state index in [1.54, 1.807) is 6.33 Å². The zero-order valence-corrected chi connectivity index (χ0v) is 13.6. The van der Waals surface area contributed by atoms with E-state index in [0.717, 1.165) is 37.9 Å². The first kappa shape index (κ1) is 15.0. The maximum absolute atomic E-state index is 4.50. The number of rotatable bonds is 5. The second-order valence-corrected chi connectivity index (χ2v) is 7.22. The van der Waals surface area contributed by atoms with Gasteiger partial charge in [0.2, 0.25) is 0 Å². The molecular formula is C16H29N5. The van der Waals surface area contributed by atoms with Gasteiger partial charge in [-0.3, -0.25) is 4.90 Å². The van der Waals surface area contributed by atoms with Crippen molar-refractivity contribution in [3.8, 4) is 0 Å². The molecule has 1 aliphatic carbocycles. The van der Waals surface area contributed by atoms with Crippen LogP contribution in [-0.2, 0) is 13.1 Å². The van der Waals surface area contributed by atoms with Crippen LogP contribution >= 0.6 is 0 Å². The summed E-state index contributed by atoms with van der Waals surface area (Å²) in [5.41, 5.74) is 0. The van der Waals surface area contributed by atoms with Crippen molar-refractivity contribution in [1.29, 1.82) is 0 Å². The van der Waals surface area contributed by atoms with E-state index in [1.807, 2.05) is 0 Å². The van der Waals surface area contributed by atoms with E-state index in [2.05, 4.69) is 45.8 Å². The summed E-state index contributed by atoms with van der Waals surface area (Å²) in [4.78, 5) is 7.10. The van der Waals surface area contributed by atoms with Crippen LogP contribution in [0.15, 0.2) is 6.33 Å². The van der Waals surface area contributed by atoms with E-state index in [9.17, 15) is 0 Å². The van der Waals surface area contributed by atoms with Gasteiger partial charge in [0.15, 0.2) is 0 Å². The van der Waals surface area contributed by atoms with Crippen molar-refractivity contribution in [2.75, 3.05) is 13.1 Å². The molecule has 2 aliphatic rings. The summed E-state index contributed by atoms with van der Waals surface area (Å²) in [5.74, 6) is 2.63. The molecular weight excluding hydrogens is 262 g/mol. The molecule has 2 unspecified atom stereocenters. The van der Waals surface area contributed by atoms with Gasteiger partial charge in [0, 0.05) is 25.2 Å². The van der Waals surface area contributed by atoms with E-state index >= 15 is 0 Å². The quantitative estimate of drug-likeness (QED) is 0.900. The van der Waals surface area contributed by atoms with Gasteiger partial charge in [0.05, 0.1) is 6.54 Å². The Morgan fingerprint density at radius 1 is 1.33 bits per heavy atom. The Labute approximate surface area is 128 Å². The molecule has 1 aliphatic heterocycles. The first-order chi connectivity index (χ1) is 10.1. The van der Waals surface area contributed by atoms with E-state index < -0.39 is 0 Å². The van der Waals surface area contributed by atoms with E-state index in [-0.39, 0.29) is 0 Å². The molecule has 0 radical (unpaired) electrons. The molecule has 118 valence electrons. The zero-order chi connectivity index (χ0) is 14.8. The lowest BCUT2D eigenvalue weighted by Gasteiger charge is -2.28. The van der Waals surface area contributed by atoms with Crippen molar-refractivity contribution in [3.05, 3.63) is 12.2 Å². The predicted molar refractivity (Wildman–Crippen MR) is 83.9 cm³/mol. The smallest absolute Gasteiger partial charge is 0.141 e. The van der Waals surface area contributed by atoms with Gasteiger partial charge in [-0.15, -0.1) is 0 Å². The molecule has 0 bridgehead atoms. The molecule has 0 spiro atoms. The van der Waals surface area contributed by atoms with Gasteiger partial charge in [0.1, 0.15) is 12.2 Å². The van der Waals surface area contributed by atoms with Crippen LogP contribution in [-0.4, -0.2) is 44.8 Å². The Bertz CT molecular complexity index is 451. The second kappa shape index (κ2) is 6.44. The first-order valence-electron chi connectivity index (χ1n) is 8.47. The molecule has 2 atom stereocenters. The highest BCUT2D eigenvalue weighted by Crippen LogP contribution is 2.34. The molecule has 2 fully saturated rings. The Balaban J connectivity index is 1.67. The molecule has 2 heterocycles. The van der Waals surface area contributed by atoms with E-state index in [4.69, 9.17) is 0 Å². The van der Waals surface area contributed by atoms with Crippen LogP contribution < -0.4 is 5.32 Å². The van der Waals surface area contributed by atoms with Gasteiger partial charge < -0.3 is 5.32 Å². The lowest BCUT2D eigenvalue weighted by molar-refractivity contribution is 0.182. The number of aromatic nitrogens is 3. The highest BCUT2D eigenvalue weighted by atomic mass is 15.4. The third kappa shape index (κ3) is 3.83. The Hall–Kier alpha value is -0.940. The molecule has 0 amide bonds. The molecule has 1 aromatic rings. The highest BCUT2D eigenvalue weighted by molar-refractivity contribution is 4.94. The molecule has 5 nitrogen and oxygen atoms in total. The molecule has 3 rings (SSSR count). The minimum atomic E-state index is 0.605. The largest absolute Gasteiger partial charge is 0.312 e. The van der Waals surface area contributed by atoms with Crippen LogP contribution in [0.3, 0.4) is 0 Å². The number of hydrogen-bond donors (Lipinski definition) is 1. The predicted octanol–water partition coefficient (Wildman–Crippen LogP) is 1.90. The molecule has 21 heavy (non-hydrogen) atoms.